The Morgan fingerprint density at radius 3 is 2.78 bits per heavy atom. The largest absolute Gasteiger partial charge is 0.465 e. The average Bonchev–Trinajstić information content (AvgIpc) is 3.11. The van der Waals surface area contributed by atoms with Crippen LogP contribution in [-0.4, -0.2) is 38.1 Å². The minimum atomic E-state index is -0.240. The number of hydrogen-bond acceptors (Lipinski definition) is 6. The molecule has 0 aliphatic rings. The first-order valence-electron chi connectivity index (χ1n) is 8.91. The van der Waals surface area contributed by atoms with Crippen LogP contribution in [0.25, 0.3) is 17.1 Å². The van der Waals surface area contributed by atoms with Gasteiger partial charge in [0.2, 0.25) is 0 Å². The van der Waals surface area contributed by atoms with E-state index in [0.29, 0.717) is 17.6 Å². The molecule has 1 aromatic carbocycles. The number of carbonyl (C=O) groups is 1. The average molecular weight is 382 g/mol. The van der Waals surface area contributed by atoms with Gasteiger partial charge in [0, 0.05) is 18.0 Å². The van der Waals surface area contributed by atoms with Crippen molar-refractivity contribution in [3.05, 3.63) is 54.4 Å². The van der Waals surface area contributed by atoms with Crippen LogP contribution in [0.2, 0.25) is 0 Å². The molecule has 0 saturated heterocycles. The van der Waals surface area contributed by atoms with E-state index in [-0.39, 0.29) is 11.7 Å². The van der Waals surface area contributed by atoms with Gasteiger partial charge in [0.15, 0.2) is 11.0 Å². The molecule has 6 nitrogen and oxygen atoms in total. The highest BCUT2D eigenvalue weighted by Crippen LogP contribution is 2.29. The number of para-hydroxylation sites is 1. The van der Waals surface area contributed by atoms with E-state index in [0.717, 1.165) is 29.7 Å². The molecule has 7 heteroatoms. The highest BCUT2D eigenvalue weighted by molar-refractivity contribution is 7.99. The normalized spacial score (nSPS) is 10.7. The molecule has 3 aromatic rings. The van der Waals surface area contributed by atoms with Gasteiger partial charge < -0.3 is 4.74 Å². The van der Waals surface area contributed by atoms with E-state index >= 15 is 0 Å². The second-order valence-corrected chi connectivity index (χ2v) is 6.97. The molecule has 2 aromatic heterocycles. The number of unbranched alkanes of at least 4 members (excludes halogenated alkanes) is 1. The SMILES string of the molecule is CCCCOC(=O)CSc1nnc(-c2cccnc2)n1-c1ccccc1C. The number of nitrogens with zero attached hydrogens (tertiary/aromatic N) is 4. The molecule has 140 valence electrons. The first kappa shape index (κ1) is 19.1. The molecule has 0 radical (unpaired) electrons. The number of pyridine rings is 1. The first-order valence-corrected chi connectivity index (χ1v) is 9.89. The van der Waals surface area contributed by atoms with Crippen LogP contribution < -0.4 is 0 Å². The van der Waals surface area contributed by atoms with Crippen molar-refractivity contribution in [2.75, 3.05) is 12.4 Å². The summed E-state index contributed by atoms with van der Waals surface area (Å²) in [6, 6.07) is 11.8. The Labute approximate surface area is 163 Å². The summed E-state index contributed by atoms with van der Waals surface area (Å²) < 4.78 is 7.21. The second kappa shape index (κ2) is 9.32. The molecule has 0 aliphatic carbocycles. The summed E-state index contributed by atoms with van der Waals surface area (Å²) in [7, 11) is 0. The monoisotopic (exact) mass is 382 g/mol. The molecule has 0 amide bonds. The lowest BCUT2D eigenvalue weighted by Crippen LogP contribution is -2.09. The highest BCUT2D eigenvalue weighted by Gasteiger charge is 2.18. The highest BCUT2D eigenvalue weighted by atomic mass is 32.2. The number of benzene rings is 1. The third-order valence-corrected chi connectivity index (χ3v) is 4.89. The van der Waals surface area contributed by atoms with Crippen molar-refractivity contribution in [3.8, 4) is 17.1 Å². The summed E-state index contributed by atoms with van der Waals surface area (Å²) in [5.74, 6) is 0.649. The van der Waals surface area contributed by atoms with Crippen molar-refractivity contribution in [2.24, 2.45) is 0 Å². The summed E-state index contributed by atoms with van der Waals surface area (Å²) in [5.41, 5.74) is 2.93. The molecular weight excluding hydrogens is 360 g/mol. The van der Waals surface area contributed by atoms with Crippen LogP contribution in [0.15, 0.2) is 53.9 Å². The van der Waals surface area contributed by atoms with Crippen LogP contribution in [0.4, 0.5) is 0 Å². The fraction of sp³-hybridized carbons (Fsp3) is 0.300. The molecule has 0 fully saturated rings. The zero-order chi connectivity index (χ0) is 19.1. The number of hydrogen-bond donors (Lipinski definition) is 0. The van der Waals surface area contributed by atoms with Gasteiger partial charge in [0.25, 0.3) is 0 Å². The zero-order valence-corrected chi connectivity index (χ0v) is 16.3. The van der Waals surface area contributed by atoms with Crippen molar-refractivity contribution >= 4 is 17.7 Å². The first-order chi connectivity index (χ1) is 13.2. The molecule has 2 heterocycles. The van der Waals surface area contributed by atoms with Crippen molar-refractivity contribution in [1.82, 2.24) is 19.7 Å². The van der Waals surface area contributed by atoms with Gasteiger partial charge in [-0.05, 0) is 37.1 Å². The van der Waals surface area contributed by atoms with E-state index in [1.54, 1.807) is 12.4 Å². The molecule has 0 spiro atoms. The van der Waals surface area contributed by atoms with Gasteiger partial charge in [-0.3, -0.25) is 14.3 Å². The Hall–Kier alpha value is -2.67. The topological polar surface area (TPSA) is 69.9 Å². The Morgan fingerprint density at radius 2 is 2.04 bits per heavy atom. The summed E-state index contributed by atoms with van der Waals surface area (Å²) in [5, 5.41) is 9.32. The van der Waals surface area contributed by atoms with E-state index in [1.165, 1.54) is 11.8 Å². The molecule has 0 saturated carbocycles. The van der Waals surface area contributed by atoms with Crippen molar-refractivity contribution in [3.63, 3.8) is 0 Å². The molecule has 0 atom stereocenters. The van der Waals surface area contributed by atoms with Crippen LogP contribution in [0.1, 0.15) is 25.3 Å². The lowest BCUT2D eigenvalue weighted by atomic mass is 10.2. The van der Waals surface area contributed by atoms with Crippen LogP contribution >= 0.6 is 11.8 Å². The number of ether oxygens (including phenoxy) is 1. The lowest BCUT2D eigenvalue weighted by Gasteiger charge is -2.12. The minimum absolute atomic E-state index is 0.195. The maximum absolute atomic E-state index is 12.0. The van der Waals surface area contributed by atoms with E-state index in [2.05, 4.69) is 22.1 Å². The maximum atomic E-state index is 12.0. The maximum Gasteiger partial charge on any atom is 0.316 e. The molecule has 0 N–H and O–H groups in total. The van der Waals surface area contributed by atoms with Crippen LogP contribution in [0.5, 0.6) is 0 Å². The van der Waals surface area contributed by atoms with E-state index < -0.39 is 0 Å². The summed E-state index contributed by atoms with van der Waals surface area (Å²) in [6.07, 6.45) is 5.35. The van der Waals surface area contributed by atoms with E-state index in [1.807, 2.05) is 47.9 Å². The minimum Gasteiger partial charge on any atom is -0.465 e. The fourth-order valence-electron chi connectivity index (χ4n) is 2.57. The summed E-state index contributed by atoms with van der Waals surface area (Å²) in [6.45, 7) is 4.56. The summed E-state index contributed by atoms with van der Waals surface area (Å²) >= 11 is 1.33. The van der Waals surface area contributed by atoms with E-state index in [9.17, 15) is 4.79 Å². The third kappa shape index (κ3) is 4.74. The lowest BCUT2D eigenvalue weighted by molar-refractivity contribution is -0.140. The second-order valence-electron chi connectivity index (χ2n) is 6.03. The smallest absolute Gasteiger partial charge is 0.316 e. The fourth-order valence-corrected chi connectivity index (χ4v) is 3.32. The van der Waals surface area contributed by atoms with Gasteiger partial charge in [-0.2, -0.15) is 0 Å². The number of carbonyl (C=O) groups excluding carboxylic acids is 1. The van der Waals surface area contributed by atoms with Gasteiger partial charge in [-0.25, -0.2) is 0 Å². The van der Waals surface area contributed by atoms with Gasteiger partial charge in [-0.1, -0.05) is 43.3 Å². The van der Waals surface area contributed by atoms with Gasteiger partial charge >= 0.3 is 5.97 Å². The molecule has 0 bridgehead atoms. The number of thioether (sulfide) groups is 1. The number of aromatic nitrogens is 4. The van der Waals surface area contributed by atoms with Gasteiger partial charge in [0.05, 0.1) is 18.0 Å². The Balaban J connectivity index is 1.89. The van der Waals surface area contributed by atoms with E-state index in [4.69, 9.17) is 4.74 Å². The standard InChI is InChI=1S/C20H22N4O2S/c1-3-4-12-26-18(25)14-27-20-23-22-19(16-9-7-11-21-13-16)24(20)17-10-6-5-8-15(17)2/h5-11,13H,3-4,12,14H2,1-2H3. The molecule has 0 unspecified atom stereocenters. The van der Waals surface area contributed by atoms with Crippen LogP contribution in [0, 0.1) is 6.92 Å². The Morgan fingerprint density at radius 1 is 1.19 bits per heavy atom. The molecule has 3 rings (SSSR count). The van der Waals surface area contributed by atoms with Crippen molar-refractivity contribution in [2.45, 2.75) is 31.8 Å². The Bertz CT molecular complexity index is 896. The number of rotatable bonds is 8. The summed E-state index contributed by atoms with van der Waals surface area (Å²) in [4.78, 5) is 16.2. The Kier molecular flexibility index (Phi) is 6.59. The number of aryl methyl sites for hydroxylation is 1. The predicted octanol–water partition coefficient (Wildman–Crippen LogP) is 4.07. The van der Waals surface area contributed by atoms with Crippen molar-refractivity contribution in [1.29, 1.82) is 0 Å². The zero-order valence-electron chi connectivity index (χ0n) is 15.5. The number of esters is 1. The third-order valence-electron chi connectivity index (χ3n) is 3.99. The quantitative estimate of drug-likeness (QED) is 0.332. The van der Waals surface area contributed by atoms with Gasteiger partial charge in [-0.15, -0.1) is 10.2 Å². The van der Waals surface area contributed by atoms with Crippen molar-refractivity contribution < 1.29 is 9.53 Å². The molecular formula is C20H22N4O2S. The van der Waals surface area contributed by atoms with Crippen LogP contribution in [0.3, 0.4) is 0 Å². The molecule has 0 aliphatic heterocycles. The van der Waals surface area contributed by atoms with Crippen LogP contribution in [-0.2, 0) is 9.53 Å². The predicted molar refractivity (Wildman–Crippen MR) is 106 cm³/mol. The van der Waals surface area contributed by atoms with Gasteiger partial charge in [0.1, 0.15) is 0 Å². The molecule has 27 heavy (non-hydrogen) atoms.